The Morgan fingerprint density at radius 1 is 1.00 bits per heavy atom. The third-order valence-corrected chi connectivity index (χ3v) is 3.93. The first-order valence-electron chi connectivity index (χ1n) is 7.75. The molecule has 0 saturated heterocycles. The van der Waals surface area contributed by atoms with Gasteiger partial charge in [-0.05, 0) is 42.2 Å². The van der Waals surface area contributed by atoms with Crippen molar-refractivity contribution in [2.45, 2.75) is 52.4 Å². The third kappa shape index (κ3) is 3.69. The second kappa shape index (κ2) is 7.23. The lowest BCUT2D eigenvalue weighted by molar-refractivity contribution is 0.101. The molecule has 20 heavy (non-hydrogen) atoms. The van der Waals surface area contributed by atoms with Gasteiger partial charge in [0, 0.05) is 5.56 Å². The second-order valence-electron chi connectivity index (χ2n) is 5.57. The Labute approximate surface area is 122 Å². The van der Waals surface area contributed by atoms with Gasteiger partial charge < -0.3 is 0 Å². The normalized spacial score (nSPS) is 10.9. The van der Waals surface area contributed by atoms with Crippen molar-refractivity contribution >= 4 is 16.6 Å². The van der Waals surface area contributed by atoms with E-state index in [0.29, 0.717) is 0 Å². The maximum absolute atomic E-state index is 11.5. The first kappa shape index (κ1) is 14.8. The highest BCUT2D eigenvalue weighted by Gasteiger charge is 2.05. The monoisotopic (exact) mass is 268 g/mol. The zero-order valence-corrected chi connectivity index (χ0v) is 12.6. The second-order valence-corrected chi connectivity index (χ2v) is 5.57. The molecule has 0 heterocycles. The van der Waals surface area contributed by atoms with Crippen LogP contribution >= 0.6 is 0 Å². The summed E-state index contributed by atoms with van der Waals surface area (Å²) in [6.07, 6.45) is 7.61. The summed E-state index contributed by atoms with van der Waals surface area (Å²) in [7, 11) is 0. The third-order valence-electron chi connectivity index (χ3n) is 3.93. The minimum atomic E-state index is 0.143. The van der Waals surface area contributed by atoms with Crippen LogP contribution in [0.15, 0.2) is 36.4 Å². The van der Waals surface area contributed by atoms with Crippen molar-refractivity contribution in [2.24, 2.45) is 0 Å². The summed E-state index contributed by atoms with van der Waals surface area (Å²) < 4.78 is 0. The van der Waals surface area contributed by atoms with Gasteiger partial charge in [0.1, 0.15) is 0 Å². The van der Waals surface area contributed by atoms with Gasteiger partial charge >= 0.3 is 0 Å². The average Bonchev–Trinajstić information content (AvgIpc) is 2.46. The number of fused-ring (bicyclic) bond motifs is 1. The number of unbranched alkanes of at least 4 members (excludes halogenated alkanes) is 4. The van der Waals surface area contributed by atoms with E-state index < -0.39 is 0 Å². The highest BCUT2D eigenvalue weighted by molar-refractivity contribution is 5.99. The van der Waals surface area contributed by atoms with Crippen LogP contribution in [0.25, 0.3) is 10.8 Å². The van der Waals surface area contributed by atoms with E-state index >= 15 is 0 Å². The Morgan fingerprint density at radius 3 is 2.55 bits per heavy atom. The van der Waals surface area contributed by atoms with Gasteiger partial charge in [0.05, 0.1) is 0 Å². The summed E-state index contributed by atoms with van der Waals surface area (Å²) >= 11 is 0. The maximum atomic E-state index is 11.5. The Kier molecular flexibility index (Phi) is 5.34. The predicted octanol–water partition coefficient (Wildman–Crippen LogP) is 5.56. The molecule has 0 aromatic heterocycles. The van der Waals surface area contributed by atoms with E-state index in [9.17, 15) is 4.79 Å². The van der Waals surface area contributed by atoms with Crippen LogP contribution in [0.2, 0.25) is 0 Å². The Morgan fingerprint density at radius 2 is 1.80 bits per heavy atom. The Balaban J connectivity index is 2.15. The van der Waals surface area contributed by atoms with Crippen LogP contribution in [0.5, 0.6) is 0 Å². The highest BCUT2D eigenvalue weighted by atomic mass is 16.1. The van der Waals surface area contributed by atoms with Crippen LogP contribution in [-0.4, -0.2) is 5.78 Å². The number of ketones is 1. The number of rotatable bonds is 7. The summed E-state index contributed by atoms with van der Waals surface area (Å²) in [4.78, 5) is 11.5. The number of hydrogen-bond acceptors (Lipinski definition) is 1. The van der Waals surface area contributed by atoms with Crippen molar-refractivity contribution in [3.05, 3.63) is 47.5 Å². The van der Waals surface area contributed by atoms with Crippen LogP contribution < -0.4 is 0 Å². The molecule has 2 rings (SSSR count). The molecule has 0 bridgehead atoms. The summed E-state index contributed by atoms with van der Waals surface area (Å²) in [6.45, 7) is 3.88. The molecule has 2 aromatic rings. The predicted molar refractivity (Wildman–Crippen MR) is 86.4 cm³/mol. The van der Waals surface area contributed by atoms with Gasteiger partial charge in [-0.2, -0.15) is 0 Å². The summed E-state index contributed by atoms with van der Waals surface area (Å²) in [5.74, 6) is 0.143. The van der Waals surface area contributed by atoms with Gasteiger partial charge in [-0.3, -0.25) is 4.79 Å². The molecule has 0 aliphatic rings. The van der Waals surface area contributed by atoms with Crippen LogP contribution in [-0.2, 0) is 6.42 Å². The summed E-state index contributed by atoms with van der Waals surface area (Å²) in [6, 6.07) is 12.5. The molecule has 0 spiro atoms. The fourth-order valence-electron chi connectivity index (χ4n) is 2.69. The maximum Gasteiger partial charge on any atom is 0.159 e. The lowest BCUT2D eigenvalue weighted by Crippen LogP contribution is -1.94. The lowest BCUT2D eigenvalue weighted by Gasteiger charge is -2.08. The van der Waals surface area contributed by atoms with Crippen LogP contribution in [0.1, 0.15) is 61.9 Å². The zero-order valence-electron chi connectivity index (χ0n) is 12.6. The molecule has 2 aromatic carbocycles. The van der Waals surface area contributed by atoms with Gasteiger partial charge in [0.15, 0.2) is 5.78 Å². The van der Waals surface area contributed by atoms with Gasteiger partial charge in [-0.25, -0.2) is 0 Å². The number of carbonyl (C=O) groups excluding carboxylic acids is 1. The molecule has 0 aliphatic carbocycles. The Bertz CT molecular complexity index is 583. The van der Waals surface area contributed by atoms with E-state index in [4.69, 9.17) is 0 Å². The topological polar surface area (TPSA) is 17.1 Å². The van der Waals surface area contributed by atoms with Gasteiger partial charge in [-0.1, -0.05) is 62.9 Å². The van der Waals surface area contributed by atoms with E-state index in [1.54, 1.807) is 6.92 Å². The van der Waals surface area contributed by atoms with Crippen molar-refractivity contribution in [2.75, 3.05) is 0 Å². The van der Waals surface area contributed by atoms with E-state index in [2.05, 4.69) is 37.3 Å². The summed E-state index contributed by atoms with van der Waals surface area (Å²) in [5, 5.41) is 2.48. The smallest absolute Gasteiger partial charge is 0.159 e. The van der Waals surface area contributed by atoms with Crippen molar-refractivity contribution in [3.63, 3.8) is 0 Å². The first-order chi connectivity index (χ1) is 9.72. The molecule has 0 radical (unpaired) electrons. The van der Waals surface area contributed by atoms with E-state index in [-0.39, 0.29) is 5.78 Å². The SMILES string of the molecule is CCCCCCCc1cccc2ccc(C(C)=O)cc12. The van der Waals surface area contributed by atoms with Crippen LogP contribution in [0, 0.1) is 0 Å². The van der Waals surface area contributed by atoms with Crippen molar-refractivity contribution in [1.82, 2.24) is 0 Å². The van der Waals surface area contributed by atoms with E-state index in [0.717, 1.165) is 12.0 Å². The number of hydrogen-bond donors (Lipinski definition) is 0. The molecule has 1 nitrogen and oxygen atoms in total. The van der Waals surface area contributed by atoms with Crippen LogP contribution in [0.3, 0.4) is 0 Å². The fraction of sp³-hybridized carbons (Fsp3) is 0.421. The molecule has 0 aliphatic heterocycles. The molecule has 0 fully saturated rings. The van der Waals surface area contributed by atoms with Gasteiger partial charge in [0.2, 0.25) is 0 Å². The standard InChI is InChI=1S/C19H24O/c1-3-4-5-6-7-9-16-10-8-11-17-12-13-18(15(2)20)14-19(16)17/h8,10-14H,3-7,9H2,1-2H3. The van der Waals surface area contributed by atoms with Crippen molar-refractivity contribution in [1.29, 1.82) is 0 Å². The molecule has 106 valence electrons. The zero-order chi connectivity index (χ0) is 14.4. The lowest BCUT2D eigenvalue weighted by atomic mass is 9.97. The largest absolute Gasteiger partial charge is 0.295 e. The van der Waals surface area contributed by atoms with E-state index in [1.807, 2.05) is 6.07 Å². The molecular formula is C19H24O. The van der Waals surface area contributed by atoms with Crippen molar-refractivity contribution in [3.8, 4) is 0 Å². The minimum absolute atomic E-state index is 0.143. The minimum Gasteiger partial charge on any atom is -0.295 e. The number of aryl methyl sites for hydroxylation is 1. The molecule has 0 atom stereocenters. The summed E-state index contributed by atoms with van der Waals surface area (Å²) in [5.41, 5.74) is 2.19. The van der Waals surface area contributed by atoms with E-state index in [1.165, 1.54) is 48.4 Å². The number of carbonyl (C=O) groups is 1. The Hall–Kier alpha value is -1.63. The average molecular weight is 268 g/mol. The van der Waals surface area contributed by atoms with Crippen molar-refractivity contribution < 1.29 is 4.79 Å². The van der Waals surface area contributed by atoms with Gasteiger partial charge in [0.25, 0.3) is 0 Å². The molecule has 0 amide bonds. The quantitative estimate of drug-likeness (QED) is 0.475. The highest BCUT2D eigenvalue weighted by Crippen LogP contribution is 2.22. The number of Topliss-reactive ketones (excluding diaryl/α,β-unsaturated/α-hetero) is 1. The molecule has 0 saturated carbocycles. The molecule has 0 unspecified atom stereocenters. The van der Waals surface area contributed by atoms with Gasteiger partial charge in [-0.15, -0.1) is 0 Å². The molecule has 1 heteroatoms. The fourth-order valence-corrected chi connectivity index (χ4v) is 2.69. The number of benzene rings is 2. The van der Waals surface area contributed by atoms with Crippen LogP contribution in [0.4, 0.5) is 0 Å². The molecule has 0 N–H and O–H groups in total. The first-order valence-corrected chi connectivity index (χ1v) is 7.75. The molecular weight excluding hydrogens is 244 g/mol.